The van der Waals surface area contributed by atoms with Gasteiger partial charge in [-0.15, -0.1) is 11.8 Å². The Kier molecular flexibility index (Phi) is 21.4. The molecule has 1 aliphatic heterocycles. The fourth-order valence-electron chi connectivity index (χ4n) is 7.82. The first-order valence-electron chi connectivity index (χ1n) is 20.8. The summed E-state index contributed by atoms with van der Waals surface area (Å²) in [5.41, 5.74) is 1.55. The normalized spacial score (nSPS) is 21.7. The van der Waals surface area contributed by atoms with Crippen LogP contribution < -0.4 is 16.0 Å². The van der Waals surface area contributed by atoms with Crippen LogP contribution in [0.25, 0.3) is 0 Å². The minimum absolute atomic E-state index is 0.174. The minimum atomic E-state index is -1.08. The molecule has 1 aromatic rings. The lowest BCUT2D eigenvalue weighted by Gasteiger charge is -2.37. The van der Waals surface area contributed by atoms with Crippen LogP contribution in [0.1, 0.15) is 31.2 Å². The summed E-state index contributed by atoms with van der Waals surface area (Å²) in [5, 5.41) is 47.8. The number of benzene rings is 1. The van der Waals surface area contributed by atoms with E-state index in [1.807, 2.05) is 24.3 Å². The molecule has 1 saturated heterocycles. The molecule has 61 heavy (non-hydrogen) atoms. The highest BCUT2D eigenvalue weighted by atomic mass is 32.1. The Morgan fingerprint density at radius 2 is 1.18 bits per heavy atom. The highest BCUT2D eigenvalue weighted by molar-refractivity contribution is 7.80. The number of fused-ring (bicyclic) bond motifs is 1. The molecule has 0 aromatic heterocycles. The van der Waals surface area contributed by atoms with Gasteiger partial charge in [0, 0.05) is 83.5 Å². The average Bonchev–Trinajstić information content (AvgIpc) is 3.84. The molecule has 1 heterocycles. The van der Waals surface area contributed by atoms with Crippen molar-refractivity contribution in [2.24, 2.45) is 17.8 Å². The van der Waals surface area contributed by atoms with Crippen LogP contribution in [0.2, 0.25) is 0 Å². The summed E-state index contributed by atoms with van der Waals surface area (Å²) in [6, 6.07) is 6.91. The second-order valence-electron chi connectivity index (χ2n) is 15.4. The van der Waals surface area contributed by atoms with Gasteiger partial charge in [-0.05, 0) is 66.9 Å². The van der Waals surface area contributed by atoms with Crippen LogP contribution >= 0.6 is 12.2 Å². The molecule has 0 bridgehead atoms. The third-order valence-corrected chi connectivity index (χ3v) is 11.2. The van der Waals surface area contributed by atoms with E-state index in [1.54, 1.807) is 19.6 Å². The molecule has 338 valence electrons. The van der Waals surface area contributed by atoms with E-state index in [4.69, 9.17) is 26.4 Å². The zero-order valence-electron chi connectivity index (χ0n) is 34.6. The van der Waals surface area contributed by atoms with E-state index in [0.29, 0.717) is 81.1 Å². The van der Waals surface area contributed by atoms with Crippen LogP contribution in [0.5, 0.6) is 0 Å². The molecule has 2 fully saturated rings. The summed E-state index contributed by atoms with van der Waals surface area (Å²) in [6.45, 7) is 2.87. The molecule has 1 saturated carbocycles. The molecule has 7 N–H and O–H groups in total. The van der Waals surface area contributed by atoms with Crippen molar-refractivity contribution in [2.75, 3.05) is 123 Å². The van der Waals surface area contributed by atoms with Crippen molar-refractivity contribution in [3.63, 3.8) is 0 Å². The molecule has 4 atom stereocenters. The Hall–Kier alpha value is -4.62. The van der Waals surface area contributed by atoms with Crippen molar-refractivity contribution in [1.29, 1.82) is 0 Å². The number of rotatable bonds is 22. The maximum absolute atomic E-state index is 12.1. The number of amides is 1. The number of carbonyl (C=O) groups excluding carboxylic acids is 1. The summed E-state index contributed by atoms with van der Waals surface area (Å²) in [5.74, 6) is 3.81. The first kappa shape index (κ1) is 49.0. The largest absolute Gasteiger partial charge is 0.480 e. The molecule has 0 radical (unpaired) electrons. The fraction of sp³-hybridized carbons (Fsp3) is 0.659. The summed E-state index contributed by atoms with van der Waals surface area (Å²) < 4.78 is 16.6. The van der Waals surface area contributed by atoms with Gasteiger partial charge in [0.2, 0.25) is 0 Å². The molecule has 3 aliphatic rings. The lowest BCUT2D eigenvalue weighted by Crippen LogP contribution is -2.53. The van der Waals surface area contributed by atoms with Gasteiger partial charge in [-0.1, -0.05) is 12.1 Å². The average molecular weight is 876 g/mol. The summed E-state index contributed by atoms with van der Waals surface area (Å²) >= 11 is 5.44. The molecule has 2 unspecified atom stereocenters. The molecule has 19 nitrogen and oxygen atoms in total. The van der Waals surface area contributed by atoms with Crippen molar-refractivity contribution in [1.82, 2.24) is 30.2 Å². The van der Waals surface area contributed by atoms with Crippen molar-refractivity contribution in [3.8, 4) is 11.8 Å². The Morgan fingerprint density at radius 3 is 1.74 bits per heavy atom. The van der Waals surface area contributed by atoms with Crippen molar-refractivity contribution >= 4 is 53.0 Å². The van der Waals surface area contributed by atoms with E-state index < -0.39 is 36.0 Å². The number of hydrogen-bond acceptors (Lipinski definition) is 13. The monoisotopic (exact) mass is 875 g/mol. The van der Waals surface area contributed by atoms with E-state index in [0.717, 1.165) is 31.2 Å². The Labute approximate surface area is 362 Å². The minimum Gasteiger partial charge on any atom is -0.480 e. The number of anilines is 1. The van der Waals surface area contributed by atoms with E-state index in [9.17, 15) is 44.4 Å². The zero-order chi connectivity index (χ0) is 44.0. The number of hydrogen-bond donors (Lipinski definition) is 7. The number of alkyl carbamates (subject to hydrolysis) is 1. The molecule has 20 heteroatoms. The second kappa shape index (κ2) is 26.7. The first-order valence-corrected chi connectivity index (χ1v) is 21.2. The van der Waals surface area contributed by atoms with Gasteiger partial charge in [0.25, 0.3) is 0 Å². The predicted molar refractivity (Wildman–Crippen MR) is 227 cm³/mol. The standard InChI is InChI=1S/C41H61N7O12S/c49-36(50)25-45-13-14-46(26-37(51)52)17-18-48(28-39(55)56)32(24-47(16-15-45)27-38(53)54)23-30-7-9-31(10-8-30)44-40(61)42-11-19-58-21-22-59-20-12-43-41(57)60-29-35-33-5-3-1-2-4-6-34(33)35/h7-10,32-35H,3-6,11-29H2,(H,43,57)(H,49,50)(H,51,52)(H,53,54)(H,55,56)(H2,42,44,61)/t32?,33-,34+,35?. The van der Waals surface area contributed by atoms with Crippen molar-refractivity contribution in [3.05, 3.63) is 29.8 Å². The molecule has 0 spiro atoms. The Bertz CT molecular complexity index is 1640. The number of nitrogens with zero attached hydrogens (tertiary/aromatic N) is 4. The van der Waals surface area contributed by atoms with E-state index in [-0.39, 0.29) is 72.0 Å². The maximum Gasteiger partial charge on any atom is 0.407 e. The van der Waals surface area contributed by atoms with Gasteiger partial charge in [0.15, 0.2) is 5.11 Å². The SMILES string of the molecule is O=C(O)CN1CCN(CC(=O)O)CCN(CC(=O)O)C(Cc2ccc(NC(=S)NCCOCCOCCNC(=O)OCC3[C@H]4CCC#CCC[C@@H]34)cc2)CN(CC(=O)O)CC1. The van der Waals surface area contributed by atoms with Crippen LogP contribution in [0.15, 0.2) is 24.3 Å². The smallest absolute Gasteiger partial charge is 0.407 e. The number of carbonyl (C=O) groups is 5. The Balaban J connectivity index is 1.17. The van der Waals surface area contributed by atoms with Gasteiger partial charge in [0.05, 0.1) is 59.2 Å². The molecule has 4 rings (SSSR count). The maximum atomic E-state index is 12.1. The molecular formula is C41H61N7O12S. The highest BCUT2D eigenvalue weighted by Gasteiger charge is 2.49. The second-order valence-corrected chi connectivity index (χ2v) is 15.8. The predicted octanol–water partition coefficient (Wildman–Crippen LogP) is 0.643. The number of carboxylic acids is 4. The highest BCUT2D eigenvalue weighted by Crippen LogP contribution is 2.52. The number of aliphatic carboxylic acids is 4. The van der Waals surface area contributed by atoms with Crippen LogP contribution in [-0.4, -0.2) is 199 Å². The third-order valence-electron chi connectivity index (χ3n) is 10.9. The summed E-state index contributed by atoms with van der Waals surface area (Å²) in [7, 11) is 0. The fourth-order valence-corrected chi connectivity index (χ4v) is 8.04. The molecule has 1 aromatic carbocycles. The van der Waals surface area contributed by atoms with Gasteiger partial charge in [-0.3, -0.25) is 38.8 Å². The summed E-state index contributed by atoms with van der Waals surface area (Å²) in [4.78, 5) is 65.9. The van der Waals surface area contributed by atoms with Crippen LogP contribution in [0, 0.1) is 29.6 Å². The van der Waals surface area contributed by atoms with Gasteiger partial charge in [0.1, 0.15) is 0 Å². The topological polar surface area (TPSA) is 243 Å². The third kappa shape index (κ3) is 19.8. The number of ether oxygens (including phenoxy) is 3. The molecular weight excluding hydrogens is 815 g/mol. The molecule has 2 aliphatic carbocycles. The number of carboxylic acid groups (broad SMARTS) is 4. The van der Waals surface area contributed by atoms with E-state index in [2.05, 4.69) is 27.8 Å². The van der Waals surface area contributed by atoms with Crippen LogP contribution in [0.4, 0.5) is 10.5 Å². The lowest BCUT2D eigenvalue weighted by atomic mass is 10.0. The first-order chi connectivity index (χ1) is 29.4. The van der Waals surface area contributed by atoms with Gasteiger partial charge in [-0.25, -0.2) is 4.79 Å². The summed E-state index contributed by atoms with van der Waals surface area (Å²) in [6.07, 6.45) is 3.96. The van der Waals surface area contributed by atoms with Gasteiger partial charge in [-0.2, -0.15) is 0 Å². The number of nitrogens with one attached hydrogen (secondary N) is 3. The lowest BCUT2D eigenvalue weighted by molar-refractivity contribution is -0.142. The Morgan fingerprint density at radius 1 is 0.672 bits per heavy atom. The molecule has 1 amide bonds. The van der Waals surface area contributed by atoms with E-state index in [1.165, 1.54) is 0 Å². The van der Waals surface area contributed by atoms with E-state index >= 15 is 0 Å². The van der Waals surface area contributed by atoms with Crippen LogP contribution in [-0.2, 0) is 39.8 Å². The quantitative estimate of drug-likeness (QED) is 0.0480. The van der Waals surface area contributed by atoms with Crippen molar-refractivity contribution < 1.29 is 58.6 Å². The van der Waals surface area contributed by atoms with Crippen molar-refractivity contribution in [2.45, 2.75) is 38.1 Å². The van der Waals surface area contributed by atoms with Gasteiger partial charge >= 0.3 is 30.0 Å². The number of thiocarbonyl (C=S) groups is 1. The van der Waals surface area contributed by atoms with Crippen LogP contribution in [0.3, 0.4) is 0 Å². The zero-order valence-corrected chi connectivity index (χ0v) is 35.5. The van der Waals surface area contributed by atoms with Gasteiger partial charge < -0.3 is 50.6 Å².